The van der Waals surface area contributed by atoms with E-state index < -0.39 is 5.76 Å². The number of benzene rings is 1. The van der Waals surface area contributed by atoms with Gasteiger partial charge in [0.25, 0.3) is 5.91 Å². The van der Waals surface area contributed by atoms with Crippen molar-refractivity contribution in [2.45, 2.75) is 12.8 Å². The van der Waals surface area contributed by atoms with Crippen molar-refractivity contribution >= 4 is 17.0 Å². The van der Waals surface area contributed by atoms with Crippen LogP contribution in [0.15, 0.2) is 27.4 Å². The van der Waals surface area contributed by atoms with Gasteiger partial charge in [-0.25, -0.2) is 4.79 Å². The van der Waals surface area contributed by atoms with Crippen LogP contribution in [-0.2, 0) is 0 Å². The number of H-pyrrole nitrogens is 1. The molecule has 0 radical (unpaired) electrons. The molecule has 0 aliphatic heterocycles. The first-order valence-corrected chi connectivity index (χ1v) is 6.23. The van der Waals surface area contributed by atoms with Gasteiger partial charge in [0, 0.05) is 17.5 Å². The van der Waals surface area contributed by atoms with Crippen LogP contribution < -0.4 is 16.8 Å². The van der Waals surface area contributed by atoms with Gasteiger partial charge in [0.05, 0.1) is 5.52 Å². The van der Waals surface area contributed by atoms with Crippen molar-refractivity contribution in [3.63, 3.8) is 0 Å². The second-order valence-corrected chi connectivity index (χ2v) is 5.11. The highest BCUT2D eigenvalue weighted by Crippen LogP contribution is 2.43. The maximum atomic E-state index is 12.0. The Hall–Kier alpha value is -2.08. The molecule has 100 valence electrons. The van der Waals surface area contributed by atoms with E-state index in [2.05, 4.69) is 10.3 Å². The molecule has 19 heavy (non-hydrogen) atoms. The Morgan fingerprint density at radius 2 is 2.26 bits per heavy atom. The molecule has 0 unspecified atom stereocenters. The maximum Gasteiger partial charge on any atom is 0.417 e. The monoisotopic (exact) mass is 261 g/mol. The zero-order valence-electron chi connectivity index (χ0n) is 10.4. The predicted octanol–water partition coefficient (Wildman–Crippen LogP) is 0.590. The minimum atomic E-state index is -0.521. The summed E-state index contributed by atoms with van der Waals surface area (Å²) < 4.78 is 4.93. The van der Waals surface area contributed by atoms with Gasteiger partial charge >= 0.3 is 5.76 Å². The third-order valence-corrected chi connectivity index (χ3v) is 3.70. The molecule has 1 saturated carbocycles. The van der Waals surface area contributed by atoms with Crippen LogP contribution in [-0.4, -0.2) is 24.0 Å². The fourth-order valence-electron chi connectivity index (χ4n) is 2.09. The summed E-state index contributed by atoms with van der Waals surface area (Å²) in [4.78, 5) is 25.6. The highest BCUT2D eigenvalue weighted by molar-refractivity contribution is 5.97. The smallest absolute Gasteiger partial charge is 0.408 e. The van der Waals surface area contributed by atoms with Gasteiger partial charge in [-0.15, -0.1) is 0 Å². The van der Waals surface area contributed by atoms with Crippen LogP contribution in [0.25, 0.3) is 11.1 Å². The summed E-state index contributed by atoms with van der Waals surface area (Å²) in [7, 11) is 0. The zero-order chi connectivity index (χ0) is 13.5. The average Bonchev–Trinajstić information content (AvgIpc) is 3.10. The molecular weight excluding hydrogens is 246 g/mol. The third-order valence-electron chi connectivity index (χ3n) is 3.70. The number of nitrogens with one attached hydrogen (secondary N) is 2. The predicted molar refractivity (Wildman–Crippen MR) is 69.9 cm³/mol. The van der Waals surface area contributed by atoms with Gasteiger partial charge in [-0.2, -0.15) is 0 Å². The van der Waals surface area contributed by atoms with E-state index >= 15 is 0 Å². The van der Waals surface area contributed by atoms with E-state index in [0.29, 0.717) is 29.8 Å². The van der Waals surface area contributed by atoms with Crippen molar-refractivity contribution in [3.8, 4) is 0 Å². The van der Waals surface area contributed by atoms with Gasteiger partial charge in [0.1, 0.15) is 0 Å². The van der Waals surface area contributed by atoms with E-state index in [1.54, 1.807) is 18.2 Å². The summed E-state index contributed by atoms with van der Waals surface area (Å²) in [6.45, 7) is 1.19. The van der Waals surface area contributed by atoms with Crippen molar-refractivity contribution in [3.05, 3.63) is 34.3 Å². The van der Waals surface area contributed by atoms with E-state index in [4.69, 9.17) is 10.2 Å². The summed E-state index contributed by atoms with van der Waals surface area (Å²) in [5, 5.41) is 2.88. The Morgan fingerprint density at radius 1 is 1.47 bits per heavy atom. The van der Waals surface area contributed by atoms with Gasteiger partial charge in [0.15, 0.2) is 5.58 Å². The molecule has 0 spiro atoms. The maximum absolute atomic E-state index is 12.0. The van der Waals surface area contributed by atoms with Crippen LogP contribution >= 0.6 is 0 Å². The highest BCUT2D eigenvalue weighted by atomic mass is 16.4. The number of aromatic nitrogens is 1. The normalized spacial score (nSPS) is 16.5. The molecule has 2 aromatic rings. The van der Waals surface area contributed by atoms with E-state index in [0.717, 1.165) is 12.8 Å². The molecule has 1 amide bonds. The number of carbonyl (C=O) groups is 1. The average molecular weight is 261 g/mol. The Morgan fingerprint density at radius 3 is 2.95 bits per heavy atom. The van der Waals surface area contributed by atoms with Crippen LogP contribution in [0, 0.1) is 5.41 Å². The van der Waals surface area contributed by atoms with Gasteiger partial charge in [-0.1, -0.05) is 0 Å². The lowest BCUT2D eigenvalue weighted by Gasteiger charge is -2.13. The largest absolute Gasteiger partial charge is 0.417 e. The third kappa shape index (κ3) is 2.26. The lowest BCUT2D eigenvalue weighted by atomic mass is 10.1. The first-order chi connectivity index (χ1) is 9.12. The molecule has 1 aliphatic carbocycles. The van der Waals surface area contributed by atoms with Gasteiger partial charge in [0.2, 0.25) is 0 Å². The molecule has 6 heteroatoms. The van der Waals surface area contributed by atoms with E-state index in [9.17, 15) is 9.59 Å². The first-order valence-electron chi connectivity index (χ1n) is 6.23. The number of fused-ring (bicyclic) bond motifs is 1. The van der Waals surface area contributed by atoms with E-state index in [-0.39, 0.29) is 11.3 Å². The van der Waals surface area contributed by atoms with Crippen molar-refractivity contribution < 1.29 is 9.21 Å². The van der Waals surface area contributed by atoms with Crippen molar-refractivity contribution in [1.29, 1.82) is 0 Å². The highest BCUT2D eigenvalue weighted by Gasteiger charge is 2.41. The number of oxazole rings is 1. The molecule has 6 nitrogen and oxygen atoms in total. The van der Waals surface area contributed by atoms with E-state index in [1.165, 1.54) is 0 Å². The Bertz CT molecular complexity index is 682. The number of aromatic amines is 1. The van der Waals surface area contributed by atoms with Crippen LogP contribution in [0.5, 0.6) is 0 Å². The van der Waals surface area contributed by atoms with Gasteiger partial charge < -0.3 is 15.5 Å². The molecule has 1 aromatic carbocycles. The Balaban J connectivity index is 1.75. The molecule has 0 bridgehead atoms. The fraction of sp³-hybridized carbons (Fsp3) is 0.385. The second-order valence-electron chi connectivity index (χ2n) is 5.11. The fourth-order valence-corrected chi connectivity index (χ4v) is 2.09. The number of hydrogen-bond acceptors (Lipinski definition) is 4. The molecule has 0 atom stereocenters. The molecule has 4 N–H and O–H groups in total. The summed E-state index contributed by atoms with van der Waals surface area (Å²) >= 11 is 0. The molecule has 1 fully saturated rings. The lowest BCUT2D eigenvalue weighted by Crippen LogP contribution is -2.33. The SMILES string of the molecule is NCC1(CNC(=O)c2ccc3[nH]c(=O)oc3c2)CC1. The minimum absolute atomic E-state index is 0.0976. The Kier molecular flexibility index (Phi) is 2.67. The second kappa shape index (κ2) is 4.24. The molecule has 3 rings (SSSR count). The van der Waals surface area contributed by atoms with Crippen LogP contribution in [0.3, 0.4) is 0 Å². The van der Waals surface area contributed by atoms with Crippen molar-refractivity contribution in [1.82, 2.24) is 10.3 Å². The van der Waals surface area contributed by atoms with Crippen molar-refractivity contribution in [2.24, 2.45) is 11.1 Å². The summed E-state index contributed by atoms with van der Waals surface area (Å²) in [5.41, 5.74) is 7.21. The van der Waals surface area contributed by atoms with Crippen molar-refractivity contribution in [2.75, 3.05) is 13.1 Å². The number of rotatable bonds is 4. The van der Waals surface area contributed by atoms with Crippen LogP contribution in [0.4, 0.5) is 0 Å². The van der Waals surface area contributed by atoms with Crippen LogP contribution in [0.1, 0.15) is 23.2 Å². The lowest BCUT2D eigenvalue weighted by molar-refractivity contribution is 0.0945. The molecule has 1 heterocycles. The summed E-state index contributed by atoms with van der Waals surface area (Å²) in [6.07, 6.45) is 2.13. The standard InChI is InChI=1S/C13H15N3O3/c14-6-13(3-4-13)7-15-11(17)8-1-2-9-10(5-8)19-12(18)16-9/h1-2,5H,3-4,6-7,14H2,(H,15,17)(H,16,18). The number of hydrogen-bond donors (Lipinski definition) is 3. The van der Waals surface area contributed by atoms with Gasteiger partial charge in [-0.3, -0.25) is 9.78 Å². The van der Waals surface area contributed by atoms with Crippen LogP contribution in [0.2, 0.25) is 0 Å². The van der Waals surface area contributed by atoms with E-state index in [1.807, 2.05) is 0 Å². The quantitative estimate of drug-likeness (QED) is 0.749. The molecule has 1 aliphatic rings. The zero-order valence-corrected chi connectivity index (χ0v) is 10.4. The van der Waals surface area contributed by atoms with Gasteiger partial charge in [-0.05, 0) is 37.6 Å². The summed E-state index contributed by atoms with van der Waals surface area (Å²) in [6, 6.07) is 4.88. The first kappa shape index (κ1) is 12.0. The molecular formula is C13H15N3O3. The topological polar surface area (TPSA) is 101 Å². The molecule has 1 aromatic heterocycles. The number of nitrogens with two attached hydrogens (primary N) is 1. The summed E-state index contributed by atoms with van der Waals surface area (Å²) in [5.74, 6) is -0.696. The number of amides is 1. The molecule has 0 saturated heterocycles. The Labute approximate surface area is 109 Å². The minimum Gasteiger partial charge on any atom is -0.408 e. The number of carbonyl (C=O) groups excluding carboxylic acids is 1.